The van der Waals surface area contributed by atoms with E-state index in [1.165, 1.54) is 6.92 Å². The van der Waals surface area contributed by atoms with Crippen LogP contribution in [0.2, 0.25) is 10.0 Å². The molecule has 0 saturated carbocycles. The number of urea groups is 1. The van der Waals surface area contributed by atoms with Gasteiger partial charge in [-0.25, -0.2) is 9.52 Å². The summed E-state index contributed by atoms with van der Waals surface area (Å²) in [6.07, 6.45) is 0.356. The number of halogens is 2. The fourth-order valence-corrected chi connectivity index (χ4v) is 5.31. The molecule has 3 amide bonds. The number of aliphatic carboxylic acids is 1. The van der Waals surface area contributed by atoms with Gasteiger partial charge >= 0.3 is 22.2 Å². The Morgan fingerprint density at radius 1 is 1.21 bits per heavy atom. The molecule has 2 heterocycles. The highest BCUT2D eigenvalue weighted by Crippen LogP contribution is 2.32. The van der Waals surface area contributed by atoms with Crippen LogP contribution < -0.4 is 15.4 Å². The summed E-state index contributed by atoms with van der Waals surface area (Å²) in [5, 5.41) is 15.3. The maximum absolute atomic E-state index is 12.9. The predicted molar refractivity (Wildman–Crippen MR) is 127 cm³/mol. The lowest BCUT2D eigenvalue weighted by Crippen LogP contribution is -2.53. The number of nitrogens with zero attached hydrogens (tertiary/aromatic N) is 2. The molecule has 1 aliphatic rings. The van der Waals surface area contributed by atoms with E-state index < -0.39 is 28.3 Å². The van der Waals surface area contributed by atoms with E-state index >= 15 is 0 Å². The van der Waals surface area contributed by atoms with Crippen molar-refractivity contribution in [2.24, 2.45) is 7.05 Å². The molecule has 4 N–H and O–H groups in total. The van der Waals surface area contributed by atoms with Gasteiger partial charge in [0.25, 0.3) is 5.91 Å². The number of carboxylic acid groups (broad SMARTS) is 1. The number of nitrogens with one attached hydrogen (secondary N) is 3. The van der Waals surface area contributed by atoms with Gasteiger partial charge in [-0.15, -0.1) is 0 Å². The zero-order valence-corrected chi connectivity index (χ0v) is 20.8. The molecule has 0 aliphatic carbocycles. The van der Waals surface area contributed by atoms with Crippen molar-refractivity contribution in [3.63, 3.8) is 0 Å². The van der Waals surface area contributed by atoms with E-state index in [9.17, 15) is 22.8 Å². The highest BCUT2D eigenvalue weighted by atomic mass is 35.5. The summed E-state index contributed by atoms with van der Waals surface area (Å²) >= 11 is 12.3. The summed E-state index contributed by atoms with van der Waals surface area (Å²) in [5.74, 6) is -1.44. The Morgan fingerprint density at radius 2 is 1.85 bits per heavy atom. The second-order valence-electron chi connectivity index (χ2n) is 8.11. The van der Waals surface area contributed by atoms with Crippen molar-refractivity contribution in [3.8, 4) is 0 Å². The van der Waals surface area contributed by atoms with Gasteiger partial charge in [-0.05, 0) is 38.0 Å². The molecule has 1 unspecified atom stereocenters. The first-order valence-corrected chi connectivity index (χ1v) is 12.6. The number of aryl methyl sites for hydroxylation is 1. The molecule has 1 atom stereocenters. The Bertz CT molecular complexity index is 1220. The molecule has 1 saturated heterocycles. The summed E-state index contributed by atoms with van der Waals surface area (Å²) in [6.45, 7) is 1.64. The van der Waals surface area contributed by atoms with Crippen LogP contribution in [0, 0.1) is 0 Å². The van der Waals surface area contributed by atoms with Crippen LogP contribution in [0.15, 0.2) is 18.2 Å². The molecule has 186 valence electrons. The molecule has 1 aromatic carbocycles. The first kappa shape index (κ1) is 26.1. The molecule has 1 aromatic heterocycles. The monoisotopic (exact) mass is 533 g/mol. The highest BCUT2D eigenvalue weighted by Gasteiger charge is 2.31. The van der Waals surface area contributed by atoms with E-state index in [4.69, 9.17) is 28.3 Å². The lowest BCUT2D eigenvalue weighted by molar-refractivity contribution is -0.137. The minimum absolute atomic E-state index is 0.0921. The minimum atomic E-state index is -4.11. The van der Waals surface area contributed by atoms with Crippen molar-refractivity contribution in [2.45, 2.75) is 38.3 Å². The SMILES string of the molecule is CC(CC(=O)O)NC(=O)NS(=O)(=O)N1CCC(NC(=O)c2cc3c(Cl)c(Cl)ccc3n2C)CC1. The number of benzene rings is 1. The molecule has 34 heavy (non-hydrogen) atoms. The van der Waals surface area contributed by atoms with Crippen LogP contribution >= 0.6 is 23.2 Å². The maximum Gasteiger partial charge on any atom is 0.329 e. The van der Waals surface area contributed by atoms with Gasteiger partial charge in [0.05, 0.1) is 16.5 Å². The summed E-state index contributed by atoms with van der Waals surface area (Å²) in [6, 6.07) is 3.08. The molecule has 0 radical (unpaired) electrons. The van der Waals surface area contributed by atoms with E-state index in [1.54, 1.807) is 29.8 Å². The topological polar surface area (TPSA) is 150 Å². The van der Waals surface area contributed by atoms with Gasteiger partial charge in [-0.2, -0.15) is 12.7 Å². The number of carbonyl (C=O) groups is 3. The quantitative estimate of drug-likeness (QED) is 0.427. The van der Waals surface area contributed by atoms with Gasteiger partial charge in [-0.3, -0.25) is 9.59 Å². The van der Waals surface area contributed by atoms with Crippen molar-refractivity contribution < 1.29 is 27.9 Å². The van der Waals surface area contributed by atoms with Gasteiger partial charge in [0.2, 0.25) is 0 Å². The van der Waals surface area contributed by atoms with E-state index in [2.05, 4.69) is 10.6 Å². The van der Waals surface area contributed by atoms with Crippen LogP contribution in [0.3, 0.4) is 0 Å². The van der Waals surface area contributed by atoms with Crippen molar-refractivity contribution in [1.29, 1.82) is 0 Å². The fourth-order valence-electron chi connectivity index (χ4n) is 3.81. The van der Waals surface area contributed by atoms with Crippen LogP contribution in [0.25, 0.3) is 10.9 Å². The second-order valence-corrected chi connectivity index (χ2v) is 10.6. The molecule has 1 aliphatic heterocycles. The molecule has 1 fully saturated rings. The third kappa shape index (κ3) is 5.93. The van der Waals surface area contributed by atoms with Crippen LogP contribution in [-0.2, 0) is 22.1 Å². The molecule has 3 rings (SSSR count). The van der Waals surface area contributed by atoms with Crippen molar-refractivity contribution in [2.75, 3.05) is 13.1 Å². The zero-order chi connectivity index (χ0) is 25.2. The number of fused-ring (bicyclic) bond motifs is 1. The average Bonchev–Trinajstić information content (AvgIpc) is 3.07. The lowest BCUT2D eigenvalue weighted by atomic mass is 10.1. The molecule has 0 spiro atoms. The Kier molecular flexibility index (Phi) is 7.96. The highest BCUT2D eigenvalue weighted by molar-refractivity contribution is 7.87. The Morgan fingerprint density at radius 3 is 2.47 bits per heavy atom. The van der Waals surface area contributed by atoms with Crippen LogP contribution in [0.4, 0.5) is 4.79 Å². The summed E-state index contributed by atoms with van der Waals surface area (Å²) in [5.41, 5.74) is 1.14. The first-order valence-electron chi connectivity index (χ1n) is 10.4. The number of piperidine rings is 1. The number of amides is 3. The second kappa shape index (κ2) is 10.4. The molecule has 2 aromatic rings. The van der Waals surface area contributed by atoms with E-state index in [0.717, 1.165) is 9.82 Å². The van der Waals surface area contributed by atoms with E-state index in [-0.39, 0.29) is 31.5 Å². The van der Waals surface area contributed by atoms with E-state index in [0.29, 0.717) is 34.0 Å². The third-order valence-electron chi connectivity index (χ3n) is 5.56. The normalized spacial score (nSPS) is 16.2. The number of aromatic nitrogens is 1. The lowest BCUT2D eigenvalue weighted by Gasteiger charge is -2.31. The third-order valence-corrected chi connectivity index (χ3v) is 7.86. The van der Waals surface area contributed by atoms with Crippen LogP contribution in [0.5, 0.6) is 0 Å². The Hall–Kier alpha value is -2.54. The molecular formula is C20H25Cl2N5O6S. The van der Waals surface area contributed by atoms with Crippen molar-refractivity contribution >= 4 is 62.2 Å². The van der Waals surface area contributed by atoms with Gasteiger partial charge in [0, 0.05) is 43.1 Å². The smallest absolute Gasteiger partial charge is 0.329 e. The standard InChI is InChI=1S/C20H25Cl2N5O6S/c1-11(9-17(28)29)23-20(31)25-34(32,33)27-7-5-12(6-8-27)24-19(30)16-10-13-15(26(16)2)4-3-14(21)18(13)22/h3-4,10-12H,5-9H2,1-2H3,(H,24,30)(H,28,29)(H2,23,25,31). The van der Waals surface area contributed by atoms with E-state index in [1.807, 2.05) is 4.72 Å². The number of hydrogen-bond donors (Lipinski definition) is 4. The Labute approximate surface area is 206 Å². The number of hydrogen-bond acceptors (Lipinski definition) is 5. The number of carboxylic acids is 1. The van der Waals surface area contributed by atoms with Gasteiger partial charge < -0.3 is 20.3 Å². The first-order chi connectivity index (χ1) is 15.9. The maximum atomic E-state index is 12.9. The zero-order valence-electron chi connectivity index (χ0n) is 18.5. The summed E-state index contributed by atoms with van der Waals surface area (Å²) < 4.78 is 29.7. The average molecular weight is 534 g/mol. The van der Waals surface area contributed by atoms with Crippen LogP contribution in [0.1, 0.15) is 36.7 Å². The van der Waals surface area contributed by atoms with Crippen molar-refractivity contribution in [3.05, 3.63) is 33.9 Å². The largest absolute Gasteiger partial charge is 0.481 e. The summed E-state index contributed by atoms with van der Waals surface area (Å²) in [4.78, 5) is 35.4. The van der Waals surface area contributed by atoms with Gasteiger partial charge in [0.1, 0.15) is 5.69 Å². The molecule has 0 bridgehead atoms. The number of carbonyl (C=O) groups excluding carboxylic acids is 2. The Balaban J connectivity index is 1.56. The molecular weight excluding hydrogens is 509 g/mol. The molecule has 11 nitrogen and oxygen atoms in total. The molecule has 14 heteroatoms. The van der Waals surface area contributed by atoms with Gasteiger partial charge in [0.15, 0.2) is 0 Å². The van der Waals surface area contributed by atoms with Crippen molar-refractivity contribution in [1.82, 2.24) is 24.2 Å². The summed E-state index contributed by atoms with van der Waals surface area (Å²) in [7, 11) is -2.37. The van der Waals surface area contributed by atoms with Crippen LogP contribution in [-0.4, -0.2) is 65.5 Å². The minimum Gasteiger partial charge on any atom is -0.481 e. The predicted octanol–water partition coefficient (Wildman–Crippen LogP) is 2.09. The van der Waals surface area contributed by atoms with Gasteiger partial charge in [-0.1, -0.05) is 23.2 Å². The fraction of sp³-hybridized carbons (Fsp3) is 0.450. The number of rotatable bonds is 7.